The van der Waals surface area contributed by atoms with Crippen molar-refractivity contribution < 1.29 is 28.6 Å². The van der Waals surface area contributed by atoms with E-state index in [9.17, 15) is 14.4 Å². The highest BCUT2D eigenvalue weighted by molar-refractivity contribution is 7.99. The van der Waals surface area contributed by atoms with Crippen LogP contribution < -0.4 is 20.4 Å². The third-order valence-corrected chi connectivity index (χ3v) is 4.70. The molecule has 0 saturated carbocycles. The van der Waals surface area contributed by atoms with Crippen molar-refractivity contribution in [1.82, 2.24) is 5.27 Å². The largest absolute Gasteiger partial charge is 0.497 e. The Morgan fingerprint density at radius 3 is 2.68 bits per heavy atom. The zero-order chi connectivity index (χ0) is 20.1. The molecule has 28 heavy (non-hydrogen) atoms. The third kappa shape index (κ3) is 4.41. The Balaban J connectivity index is 1.70. The molecule has 1 amide bonds. The molecule has 1 heterocycles. The molecule has 144 valence electrons. The summed E-state index contributed by atoms with van der Waals surface area (Å²) in [5, 5.41) is 14.3. The van der Waals surface area contributed by atoms with Gasteiger partial charge in [0.2, 0.25) is 11.6 Å². The summed E-state index contributed by atoms with van der Waals surface area (Å²) in [6.45, 7) is 0. The van der Waals surface area contributed by atoms with Crippen LogP contribution in [0.1, 0.15) is 10.4 Å². The number of aromatic nitrogens is 2. The summed E-state index contributed by atoms with van der Waals surface area (Å²) in [6.07, 6.45) is 0. The number of hydrogen-bond acceptors (Lipinski definition) is 6. The number of hydrogen-bond donors (Lipinski definition) is 3. The molecule has 0 bridgehead atoms. The highest BCUT2D eigenvalue weighted by atomic mass is 32.2. The van der Waals surface area contributed by atoms with Gasteiger partial charge >= 0.3 is 16.6 Å². The van der Waals surface area contributed by atoms with Gasteiger partial charge in [0.05, 0.1) is 18.4 Å². The van der Waals surface area contributed by atoms with E-state index in [2.05, 4.69) is 10.6 Å². The van der Waals surface area contributed by atoms with Gasteiger partial charge in [0.1, 0.15) is 5.75 Å². The van der Waals surface area contributed by atoms with Gasteiger partial charge in [-0.2, -0.15) is 0 Å². The number of carboxylic acid groups (broad SMARTS) is 1. The monoisotopic (exact) mass is 402 g/mol. The predicted octanol–water partition coefficient (Wildman–Crippen LogP) is 1.68. The van der Waals surface area contributed by atoms with Crippen molar-refractivity contribution in [2.24, 2.45) is 0 Å². The minimum absolute atomic E-state index is 0.0640. The third-order valence-electron chi connectivity index (χ3n) is 3.67. The van der Waals surface area contributed by atoms with E-state index in [1.54, 1.807) is 37.4 Å². The molecule has 2 aromatic carbocycles. The first-order valence-electron chi connectivity index (χ1n) is 8.02. The molecule has 0 radical (unpaired) electrons. The van der Waals surface area contributed by atoms with Gasteiger partial charge in [-0.15, -0.1) is 0 Å². The number of rotatable bonds is 7. The summed E-state index contributed by atoms with van der Waals surface area (Å²) >= 11 is 0.989. The van der Waals surface area contributed by atoms with Crippen LogP contribution in [0.2, 0.25) is 0 Å². The molecule has 0 spiro atoms. The minimum atomic E-state index is -1.09. The van der Waals surface area contributed by atoms with Crippen molar-refractivity contribution in [2.75, 3.05) is 18.2 Å². The number of carbonyl (C=O) groups is 2. The quantitative estimate of drug-likeness (QED) is 0.405. The molecule has 0 aliphatic carbocycles. The van der Waals surface area contributed by atoms with Crippen LogP contribution in [0.15, 0.2) is 62.9 Å². The summed E-state index contributed by atoms with van der Waals surface area (Å²) in [4.78, 5) is 35.1. The number of carbonyl (C=O) groups excluding carboxylic acids is 1. The van der Waals surface area contributed by atoms with Gasteiger partial charge in [0.15, 0.2) is 0 Å². The van der Waals surface area contributed by atoms with Gasteiger partial charge in [-0.3, -0.25) is 9.32 Å². The van der Waals surface area contributed by atoms with Crippen LogP contribution in [0.3, 0.4) is 0 Å². The van der Waals surface area contributed by atoms with Crippen LogP contribution in [-0.2, 0) is 4.79 Å². The van der Waals surface area contributed by atoms with Crippen molar-refractivity contribution >= 4 is 29.3 Å². The molecule has 0 unspecified atom stereocenters. The first kappa shape index (κ1) is 19.2. The molecule has 10 heteroatoms. The van der Waals surface area contributed by atoms with Gasteiger partial charge in [-0.05, 0) is 52.0 Å². The van der Waals surface area contributed by atoms with Crippen molar-refractivity contribution in [3.63, 3.8) is 0 Å². The second-order valence-corrected chi connectivity index (χ2v) is 6.51. The number of amides is 1. The van der Waals surface area contributed by atoms with E-state index in [0.717, 1.165) is 11.8 Å². The van der Waals surface area contributed by atoms with Gasteiger partial charge in [-0.25, -0.2) is 9.59 Å². The van der Waals surface area contributed by atoms with Crippen molar-refractivity contribution in [2.45, 2.75) is 5.03 Å². The molecule has 0 atom stereocenters. The molecule has 9 nitrogen and oxygen atoms in total. The zero-order valence-corrected chi connectivity index (χ0v) is 15.5. The van der Waals surface area contributed by atoms with Gasteiger partial charge in [-0.1, -0.05) is 6.07 Å². The first-order chi connectivity index (χ1) is 13.5. The number of nitrogens with one attached hydrogen (secondary N) is 2. The number of H-pyrrole nitrogens is 1. The van der Waals surface area contributed by atoms with Crippen LogP contribution in [0, 0.1) is 0 Å². The maximum absolute atomic E-state index is 12.2. The lowest BCUT2D eigenvalue weighted by atomic mass is 10.2. The molecular weight excluding hydrogens is 386 g/mol. The molecule has 3 aromatic rings. The number of benzene rings is 2. The highest BCUT2D eigenvalue weighted by Gasteiger charge is 2.25. The summed E-state index contributed by atoms with van der Waals surface area (Å²) in [5.41, 5.74) is 0.439. The molecular formula is C18H16N3O6S+. The van der Waals surface area contributed by atoms with Crippen molar-refractivity contribution in [1.29, 1.82) is 0 Å². The standard InChI is InChI=1S/C18H15N3O6S/c1-26-14-7-5-13(6-8-14)21-16(18(25)27-20-21)28-10-15(22)19-12-4-2-3-11(9-12)17(23)24/h2-9H,10H2,1H3,(H2-,19,20,22,23,24,25)/p+1. The second kappa shape index (κ2) is 8.44. The maximum atomic E-state index is 12.2. The number of anilines is 1. The Bertz CT molecular complexity index is 1060. The lowest BCUT2D eigenvalue weighted by molar-refractivity contribution is -0.704. The Labute approximate surface area is 162 Å². The predicted molar refractivity (Wildman–Crippen MR) is 100 cm³/mol. The number of ether oxygens (including phenoxy) is 1. The van der Waals surface area contributed by atoms with E-state index in [1.807, 2.05) is 0 Å². The van der Waals surface area contributed by atoms with Gasteiger partial charge < -0.3 is 15.2 Å². The van der Waals surface area contributed by atoms with Crippen LogP contribution in [-0.4, -0.2) is 35.1 Å². The topological polar surface area (TPSA) is 126 Å². The first-order valence-corrected chi connectivity index (χ1v) is 9.00. The normalized spacial score (nSPS) is 10.5. The molecule has 0 aliphatic rings. The number of aromatic carboxylic acids is 1. The van der Waals surface area contributed by atoms with Crippen LogP contribution in [0.25, 0.3) is 5.69 Å². The van der Waals surface area contributed by atoms with E-state index in [0.29, 0.717) is 17.1 Å². The SMILES string of the molecule is COc1ccc(-[n+]2[nH]oc(=O)c2SCC(=O)Nc2cccc(C(=O)O)c2)cc1. The van der Waals surface area contributed by atoms with Crippen molar-refractivity contribution in [3.05, 3.63) is 64.5 Å². The average molecular weight is 402 g/mol. The number of nitrogens with zero attached hydrogens (tertiary/aromatic N) is 1. The fourth-order valence-electron chi connectivity index (χ4n) is 2.35. The average Bonchev–Trinajstić information content (AvgIpc) is 3.07. The second-order valence-electron chi connectivity index (χ2n) is 5.54. The molecule has 3 N–H and O–H groups in total. The lowest BCUT2D eigenvalue weighted by Crippen LogP contribution is -2.36. The molecule has 0 fully saturated rings. The Hall–Kier alpha value is -3.53. The number of carboxylic acids is 1. The van der Waals surface area contributed by atoms with E-state index in [-0.39, 0.29) is 16.3 Å². The minimum Gasteiger partial charge on any atom is -0.497 e. The lowest BCUT2D eigenvalue weighted by Gasteiger charge is -2.04. The highest BCUT2D eigenvalue weighted by Crippen LogP contribution is 2.16. The van der Waals surface area contributed by atoms with E-state index in [4.69, 9.17) is 14.4 Å². The van der Waals surface area contributed by atoms with Crippen LogP contribution in [0.4, 0.5) is 5.69 Å². The van der Waals surface area contributed by atoms with Crippen molar-refractivity contribution in [3.8, 4) is 11.4 Å². The number of aromatic amines is 1. The smallest absolute Gasteiger partial charge is 0.442 e. The van der Waals surface area contributed by atoms with Gasteiger partial charge in [0, 0.05) is 17.8 Å². The van der Waals surface area contributed by atoms with Gasteiger partial charge in [0.25, 0.3) is 0 Å². The Morgan fingerprint density at radius 1 is 1.25 bits per heavy atom. The van der Waals surface area contributed by atoms with E-state index >= 15 is 0 Å². The fourth-order valence-corrected chi connectivity index (χ4v) is 3.12. The maximum Gasteiger partial charge on any atom is 0.442 e. The summed E-state index contributed by atoms with van der Waals surface area (Å²) < 4.78 is 11.4. The molecule has 0 saturated heterocycles. The summed E-state index contributed by atoms with van der Waals surface area (Å²) in [6, 6.07) is 12.8. The molecule has 0 aliphatic heterocycles. The molecule has 3 rings (SSSR count). The zero-order valence-electron chi connectivity index (χ0n) is 14.7. The summed E-state index contributed by atoms with van der Waals surface area (Å²) in [5.74, 6) is -0.895. The van der Waals surface area contributed by atoms with Crippen LogP contribution in [0.5, 0.6) is 5.75 Å². The van der Waals surface area contributed by atoms with Crippen LogP contribution >= 0.6 is 11.8 Å². The Kier molecular flexibility index (Phi) is 5.80. The number of thioether (sulfide) groups is 1. The number of methoxy groups -OCH3 is 1. The van der Waals surface area contributed by atoms with E-state index < -0.39 is 17.5 Å². The molecule has 1 aromatic heterocycles. The van der Waals surface area contributed by atoms with E-state index in [1.165, 1.54) is 22.9 Å². The summed E-state index contributed by atoms with van der Waals surface area (Å²) in [7, 11) is 1.55. The fraction of sp³-hybridized carbons (Fsp3) is 0.111. The Morgan fingerprint density at radius 2 is 2.00 bits per heavy atom.